The Morgan fingerprint density at radius 2 is 1.76 bits per heavy atom. The highest BCUT2D eigenvalue weighted by Gasteiger charge is 2.22. The Balaban J connectivity index is 1.32. The fourth-order valence-electron chi connectivity index (χ4n) is 5.59. The molecule has 0 bridgehead atoms. The van der Waals surface area contributed by atoms with E-state index in [9.17, 15) is 4.79 Å². The van der Waals surface area contributed by atoms with E-state index < -0.39 is 0 Å². The molecule has 0 aliphatic heterocycles. The summed E-state index contributed by atoms with van der Waals surface area (Å²) in [5, 5.41) is 7.60. The van der Waals surface area contributed by atoms with Crippen molar-refractivity contribution in [2.24, 2.45) is 5.10 Å². The van der Waals surface area contributed by atoms with Crippen molar-refractivity contribution < 1.29 is 9.47 Å². The zero-order valence-corrected chi connectivity index (χ0v) is 24.6. The third kappa shape index (κ3) is 5.91. The summed E-state index contributed by atoms with van der Waals surface area (Å²) in [7, 11) is 0. The van der Waals surface area contributed by atoms with Crippen LogP contribution < -0.4 is 15.0 Å². The van der Waals surface area contributed by atoms with Crippen molar-refractivity contribution in [1.82, 2.24) is 9.66 Å². The smallest absolute Gasteiger partial charge is 0.282 e. The fraction of sp³-hybridized carbons (Fsp3) is 0.265. The Morgan fingerprint density at radius 3 is 2.61 bits per heavy atom. The van der Waals surface area contributed by atoms with E-state index >= 15 is 0 Å². The Bertz CT molecular complexity index is 1790. The van der Waals surface area contributed by atoms with Crippen LogP contribution in [0.1, 0.15) is 61.9 Å². The summed E-state index contributed by atoms with van der Waals surface area (Å²) in [6.45, 7) is 2.87. The summed E-state index contributed by atoms with van der Waals surface area (Å²) in [5.41, 5.74) is 2.47. The summed E-state index contributed by atoms with van der Waals surface area (Å²) < 4.78 is 14.5. The molecule has 1 aliphatic rings. The molecule has 1 aliphatic carbocycles. The van der Waals surface area contributed by atoms with Crippen LogP contribution in [0.5, 0.6) is 11.5 Å². The van der Waals surface area contributed by atoms with E-state index in [1.165, 1.54) is 21.9 Å². The molecule has 6 rings (SSSR count). The van der Waals surface area contributed by atoms with Crippen molar-refractivity contribution in [1.29, 1.82) is 0 Å². The second-order valence-electron chi connectivity index (χ2n) is 10.4. The highest BCUT2D eigenvalue weighted by molar-refractivity contribution is 9.10. The van der Waals surface area contributed by atoms with E-state index in [1.54, 1.807) is 6.21 Å². The molecule has 0 amide bonds. The van der Waals surface area contributed by atoms with Gasteiger partial charge in [0.05, 0.1) is 23.7 Å². The van der Waals surface area contributed by atoms with Crippen molar-refractivity contribution >= 4 is 43.8 Å². The maximum Gasteiger partial charge on any atom is 0.282 e. The average molecular weight is 611 g/mol. The zero-order valence-electron chi connectivity index (χ0n) is 23.1. The van der Waals surface area contributed by atoms with Gasteiger partial charge in [-0.2, -0.15) is 9.78 Å². The van der Waals surface area contributed by atoms with E-state index in [1.807, 2.05) is 61.5 Å². The second-order valence-corrected chi connectivity index (χ2v) is 11.3. The summed E-state index contributed by atoms with van der Waals surface area (Å²) in [6, 6.07) is 25.9. The van der Waals surface area contributed by atoms with Gasteiger partial charge in [0, 0.05) is 10.4 Å². The molecule has 208 valence electrons. The van der Waals surface area contributed by atoms with Crippen molar-refractivity contribution in [3.05, 3.63) is 111 Å². The SMILES string of the molecule is CCOc1cc(C=Nn2c(C3CCCCC3)nc3ccc(Br)cc3c2=O)ccc1OCc1cccc2ccccc12. The van der Waals surface area contributed by atoms with Gasteiger partial charge < -0.3 is 9.47 Å². The molecule has 1 aromatic heterocycles. The van der Waals surface area contributed by atoms with E-state index in [-0.39, 0.29) is 11.5 Å². The van der Waals surface area contributed by atoms with Crippen molar-refractivity contribution in [2.45, 2.75) is 51.6 Å². The molecular formula is C34H32BrN3O3. The number of fused-ring (bicyclic) bond motifs is 2. The predicted molar refractivity (Wildman–Crippen MR) is 168 cm³/mol. The minimum atomic E-state index is -0.159. The first kappa shape index (κ1) is 27.2. The summed E-state index contributed by atoms with van der Waals surface area (Å²) in [4.78, 5) is 18.6. The number of hydrogen-bond acceptors (Lipinski definition) is 5. The van der Waals surface area contributed by atoms with Crippen molar-refractivity contribution in [2.75, 3.05) is 6.61 Å². The van der Waals surface area contributed by atoms with E-state index in [0.717, 1.165) is 47.1 Å². The molecule has 5 aromatic rings. The summed E-state index contributed by atoms with van der Waals surface area (Å²) >= 11 is 3.49. The highest BCUT2D eigenvalue weighted by atomic mass is 79.9. The lowest BCUT2D eigenvalue weighted by atomic mass is 9.88. The average Bonchev–Trinajstić information content (AvgIpc) is 3.01. The van der Waals surface area contributed by atoms with Crippen LogP contribution in [0.4, 0.5) is 0 Å². The monoisotopic (exact) mass is 609 g/mol. The van der Waals surface area contributed by atoms with Gasteiger partial charge in [-0.15, -0.1) is 0 Å². The number of aromatic nitrogens is 2. The van der Waals surface area contributed by atoms with Crippen LogP contribution in [0.3, 0.4) is 0 Å². The molecule has 0 N–H and O–H groups in total. The van der Waals surface area contributed by atoms with Gasteiger partial charge in [0.1, 0.15) is 12.4 Å². The van der Waals surface area contributed by atoms with E-state index in [0.29, 0.717) is 35.6 Å². The molecule has 0 radical (unpaired) electrons. The van der Waals surface area contributed by atoms with Crippen LogP contribution >= 0.6 is 15.9 Å². The predicted octanol–water partition coefficient (Wildman–Crippen LogP) is 8.22. The zero-order chi connectivity index (χ0) is 28.2. The number of hydrogen-bond donors (Lipinski definition) is 0. The summed E-state index contributed by atoms with van der Waals surface area (Å²) in [5.74, 6) is 2.25. The quantitative estimate of drug-likeness (QED) is 0.166. The van der Waals surface area contributed by atoms with E-state index in [2.05, 4.69) is 40.2 Å². The Morgan fingerprint density at radius 1 is 0.927 bits per heavy atom. The molecule has 4 aromatic carbocycles. The third-order valence-electron chi connectivity index (χ3n) is 7.66. The van der Waals surface area contributed by atoms with Crippen LogP contribution in [0.15, 0.2) is 93.2 Å². The second kappa shape index (κ2) is 12.3. The van der Waals surface area contributed by atoms with E-state index in [4.69, 9.17) is 19.6 Å². The molecular weight excluding hydrogens is 578 g/mol. The number of nitrogens with zero attached hydrogens (tertiary/aromatic N) is 3. The Hall–Kier alpha value is -3.97. The molecule has 1 heterocycles. The van der Waals surface area contributed by atoms with Crippen LogP contribution in [0.2, 0.25) is 0 Å². The van der Waals surface area contributed by atoms with Gasteiger partial charge in [-0.3, -0.25) is 4.79 Å². The highest BCUT2D eigenvalue weighted by Crippen LogP contribution is 2.33. The standard InChI is InChI=1S/C34H32BrN3O3/c1-2-40-32-19-23(15-18-31(32)41-22-26-13-8-12-24-9-6-7-14-28(24)26)21-36-38-33(25-10-4-3-5-11-25)37-30-17-16-27(35)20-29(30)34(38)39/h6-9,12-21,25H,2-5,10-11,22H2,1H3. The van der Waals surface area contributed by atoms with Gasteiger partial charge in [0.25, 0.3) is 5.56 Å². The van der Waals surface area contributed by atoms with Crippen LogP contribution in [-0.2, 0) is 6.61 Å². The van der Waals surface area contributed by atoms with Gasteiger partial charge in [-0.25, -0.2) is 4.98 Å². The summed E-state index contributed by atoms with van der Waals surface area (Å²) in [6.07, 6.45) is 7.24. The topological polar surface area (TPSA) is 65.7 Å². The van der Waals surface area contributed by atoms with Crippen molar-refractivity contribution in [3.8, 4) is 11.5 Å². The largest absolute Gasteiger partial charge is 0.490 e. The molecule has 0 saturated heterocycles. The minimum absolute atomic E-state index is 0.159. The first-order valence-electron chi connectivity index (χ1n) is 14.2. The Labute approximate surface area is 247 Å². The maximum atomic E-state index is 13.6. The number of halogens is 1. The molecule has 6 nitrogen and oxygen atoms in total. The van der Waals surface area contributed by atoms with Gasteiger partial charge in [0.15, 0.2) is 11.5 Å². The molecule has 7 heteroatoms. The van der Waals surface area contributed by atoms with Crippen LogP contribution in [0.25, 0.3) is 21.7 Å². The Kier molecular flexibility index (Phi) is 8.14. The lowest BCUT2D eigenvalue weighted by Crippen LogP contribution is -2.25. The lowest BCUT2D eigenvalue weighted by Gasteiger charge is -2.22. The first-order chi connectivity index (χ1) is 20.1. The number of ether oxygens (including phenoxy) is 2. The molecule has 1 saturated carbocycles. The molecule has 0 unspecified atom stereocenters. The van der Waals surface area contributed by atoms with Gasteiger partial charge in [-0.05, 0) is 78.1 Å². The van der Waals surface area contributed by atoms with Gasteiger partial charge in [-0.1, -0.05) is 77.7 Å². The van der Waals surface area contributed by atoms with Crippen LogP contribution in [0, 0.1) is 0 Å². The molecule has 41 heavy (non-hydrogen) atoms. The van der Waals surface area contributed by atoms with Gasteiger partial charge >= 0.3 is 0 Å². The normalized spacial score (nSPS) is 14.2. The molecule has 0 spiro atoms. The molecule has 1 fully saturated rings. The minimum Gasteiger partial charge on any atom is -0.490 e. The van der Waals surface area contributed by atoms with Gasteiger partial charge in [0.2, 0.25) is 0 Å². The number of benzene rings is 4. The van der Waals surface area contributed by atoms with Crippen LogP contribution in [-0.4, -0.2) is 22.5 Å². The number of rotatable bonds is 8. The fourth-order valence-corrected chi connectivity index (χ4v) is 5.95. The third-order valence-corrected chi connectivity index (χ3v) is 8.15. The molecule has 0 atom stereocenters. The van der Waals surface area contributed by atoms with Crippen molar-refractivity contribution in [3.63, 3.8) is 0 Å². The maximum absolute atomic E-state index is 13.6. The lowest BCUT2D eigenvalue weighted by molar-refractivity contribution is 0.270. The first-order valence-corrected chi connectivity index (χ1v) is 15.0.